The smallest absolute Gasteiger partial charge is 0.222 e. The van der Waals surface area contributed by atoms with Gasteiger partial charge in [0, 0.05) is 56.1 Å². The predicted octanol–water partition coefficient (Wildman–Crippen LogP) is 2.68. The Morgan fingerprint density at radius 2 is 2.21 bits per heavy atom. The second-order valence-corrected chi connectivity index (χ2v) is 8.48. The SMILES string of the molecule is CCNC(=NCC(C)N1CCc2sccc2C1)NC1CCN(C(=O)CC)C1.I. The van der Waals surface area contributed by atoms with Crippen LogP contribution in [0.4, 0.5) is 0 Å². The molecule has 3 heterocycles. The molecule has 1 fully saturated rings. The molecule has 2 atom stereocenters. The molecule has 158 valence electrons. The molecule has 2 aliphatic heterocycles. The molecule has 8 heteroatoms. The number of hydrogen-bond donors (Lipinski definition) is 2. The fourth-order valence-electron chi connectivity index (χ4n) is 3.83. The third-order valence-electron chi connectivity index (χ3n) is 5.50. The summed E-state index contributed by atoms with van der Waals surface area (Å²) in [4.78, 5) is 22.7. The standard InChI is InChI=1S/C20H33N5OS.HI/c1-4-19(26)25-9-6-17(14-25)23-20(21-5-2)22-12-15(3)24-10-7-18-16(13-24)8-11-27-18;/h8,11,15,17H,4-7,9-10,12-14H2,1-3H3,(H2,21,22,23);1H. The van der Waals surface area contributed by atoms with Gasteiger partial charge >= 0.3 is 0 Å². The number of amides is 1. The van der Waals surface area contributed by atoms with Crippen molar-refractivity contribution in [3.8, 4) is 0 Å². The summed E-state index contributed by atoms with van der Waals surface area (Å²) in [6.07, 6.45) is 2.72. The van der Waals surface area contributed by atoms with Crippen LogP contribution < -0.4 is 10.6 Å². The van der Waals surface area contributed by atoms with E-state index in [-0.39, 0.29) is 35.9 Å². The molecule has 1 aromatic rings. The van der Waals surface area contributed by atoms with Gasteiger partial charge in [-0.1, -0.05) is 6.92 Å². The quantitative estimate of drug-likeness (QED) is 0.345. The third-order valence-corrected chi connectivity index (χ3v) is 6.53. The van der Waals surface area contributed by atoms with Gasteiger partial charge in [-0.05, 0) is 43.7 Å². The molecular formula is C20H34IN5OS. The Bertz CT molecular complexity index is 665. The first-order valence-corrected chi connectivity index (χ1v) is 11.1. The first-order valence-electron chi connectivity index (χ1n) is 10.2. The summed E-state index contributed by atoms with van der Waals surface area (Å²) in [6.45, 7) is 11.7. The number of thiophene rings is 1. The molecule has 1 amide bonds. The van der Waals surface area contributed by atoms with Crippen molar-refractivity contribution in [3.63, 3.8) is 0 Å². The number of aliphatic imine (C=N–C) groups is 1. The summed E-state index contributed by atoms with van der Waals surface area (Å²) < 4.78 is 0. The van der Waals surface area contributed by atoms with Crippen molar-refractivity contribution < 1.29 is 4.79 Å². The molecule has 28 heavy (non-hydrogen) atoms. The minimum Gasteiger partial charge on any atom is -0.357 e. The second kappa shape index (κ2) is 11.3. The largest absolute Gasteiger partial charge is 0.357 e. The molecule has 0 aromatic carbocycles. The van der Waals surface area contributed by atoms with Crippen molar-refractivity contribution in [1.29, 1.82) is 0 Å². The van der Waals surface area contributed by atoms with E-state index in [1.165, 1.54) is 5.56 Å². The van der Waals surface area contributed by atoms with Crippen LogP contribution in [0.2, 0.25) is 0 Å². The molecule has 1 saturated heterocycles. The number of nitrogens with one attached hydrogen (secondary N) is 2. The lowest BCUT2D eigenvalue weighted by atomic mass is 10.1. The minimum atomic E-state index is 0. The molecule has 0 spiro atoms. The summed E-state index contributed by atoms with van der Waals surface area (Å²) in [7, 11) is 0. The van der Waals surface area contributed by atoms with Gasteiger partial charge in [0.25, 0.3) is 0 Å². The van der Waals surface area contributed by atoms with E-state index in [2.05, 4.69) is 40.8 Å². The Morgan fingerprint density at radius 1 is 1.39 bits per heavy atom. The predicted molar refractivity (Wildman–Crippen MR) is 128 cm³/mol. The van der Waals surface area contributed by atoms with Crippen LogP contribution in [0, 0.1) is 0 Å². The fourth-order valence-corrected chi connectivity index (χ4v) is 4.72. The number of carbonyl (C=O) groups excluding carboxylic acids is 1. The van der Waals surface area contributed by atoms with Crippen LogP contribution >= 0.6 is 35.3 Å². The highest BCUT2D eigenvalue weighted by atomic mass is 127. The van der Waals surface area contributed by atoms with Gasteiger partial charge in [-0.25, -0.2) is 0 Å². The first-order chi connectivity index (χ1) is 13.1. The van der Waals surface area contributed by atoms with Crippen molar-refractivity contribution >= 4 is 47.2 Å². The topological polar surface area (TPSA) is 60.0 Å². The van der Waals surface area contributed by atoms with E-state index in [4.69, 9.17) is 4.99 Å². The Labute approximate surface area is 190 Å². The molecule has 0 saturated carbocycles. The minimum absolute atomic E-state index is 0. The Morgan fingerprint density at radius 3 is 2.96 bits per heavy atom. The number of fused-ring (bicyclic) bond motifs is 1. The molecular weight excluding hydrogens is 485 g/mol. The lowest BCUT2D eigenvalue weighted by molar-refractivity contribution is -0.129. The maximum Gasteiger partial charge on any atom is 0.222 e. The van der Waals surface area contributed by atoms with Crippen LogP contribution in [0.1, 0.15) is 44.1 Å². The zero-order chi connectivity index (χ0) is 19.2. The van der Waals surface area contributed by atoms with E-state index in [9.17, 15) is 4.79 Å². The van der Waals surface area contributed by atoms with E-state index < -0.39 is 0 Å². The van der Waals surface area contributed by atoms with E-state index >= 15 is 0 Å². The Balaban J connectivity index is 0.00000280. The molecule has 6 nitrogen and oxygen atoms in total. The van der Waals surface area contributed by atoms with Crippen molar-refractivity contribution in [2.75, 3.05) is 32.7 Å². The van der Waals surface area contributed by atoms with Crippen LogP contribution in [-0.4, -0.2) is 66.5 Å². The van der Waals surface area contributed by atoms with Gasteiger partial charge in [-0.15, -0.1) is 35.3 Å². The van der Waals surface area contributed by atoms with Gasteiger partial charge in [0.2, 0.25) is 5.91 Å². The zero-order valence-corrected chi connectivity index (χ0v) is 20.4. The number of hydrogen-bond acceptors (Lipinski definition) is 4. The Kier molecular flexibility index (Phi) is 9.49. The summed E-state index contributed by atoms with van der Waals surface area (Å²) in [5.41, 5.74) is 1.48. The van der Waals surface area contributed by atoms with Gasteiger partial charge in [0.15, 0.2) is 5.96 Å². The van der Waals surface area contributed by atoms with Crippen LogP contribution in [0.25, 0.3) is 0 Å². The van der Waals surface area contributed by atoms with Gasteiger partial charge in [-0.2, -0.15) is 0 Å². The maximum absolute atomic E-state index is 11.9. The summed E-state index contributed by atoms with van der Waals surface area (Å²) in [5, 5.41) is 9.09. The number of halogens is 1. The lowest BCUT2D eigenvalue weighted by Crippen LogP contribution is -2.46. The van der Waals surface area contributed by atoms with Gasteiger partial charge in [0.05, 0.1) is 6.54 Å². The third kappa shape index (κ3) is 6.06. The number of guanidine groups is 1. The molecule has 0 aliphatic carbocycles. The van der Waals surface area contributed by atoms with E-state index in [1.54, 1.807) is 4.88 Å². The monoisotopic (exact) mass is 519 g/mol. The zero-order valence-electron chi connectivity index (χ0n) is 17.2. The summed E-state index contributed by atoms with van der Waals surface area (Å²) in [6, 6.07) is 2.96. The molecule has 0 bridgehead atoms. The van der Waals surface area contributed by atoms with E-state index in [1.807, 2.05) is 23.2 Å². The maximum atomic E-state index is 11.9. The highest BCUT2D eigenvalue weighted by Crippen LogP contribution is 2.25. The normalized spacial score (nSPS) is 21.0. The first kappa shape index (κ1) is 23.4. The fraction of sp³-hybridized carbons (Fsp3) is 0.700. The van der Waals surface area contributed by atoms with Crippen molar-refractivity contribution in [1.82, 2.24) is 20.4 Å². The van der Waals surface area contributed by atoms with Crippen molar-refractivity contribution in [2.45, 2.75) is 58.7 Å². The number of nitrogens with zero attached hydrogens (tertiary/aromatic N) is 3. The van der Waals surface area contributed by atoms with Gasteiger partial charge < -0.3 is 15.5 Å². The highest BCUT2D eigenvalue weighted by Gasteiger charge is 2.26. The molecule has 3 rings (SSSR count). The van der Waals surface area contributed by atoms with Crippen molar-refractivity contribution in [3.05, 3.63) is 21.9 Å². The van der Waals surface area contributed by atoms with Crippen LogP contribution in [0.15, 0.2) is 16.4 Å². The van der Waals surface area contributed by atoms with Gasteiger partial charge in [-0.3, -0.25) is 14.7 Å². The second-order valence-electron chi connectivity index (χ2n) is 7.48. The van der Waals surface area contributed by atoms with E-state index in [0.29, 0.717) is 12.5 Å². The number of rotatable bonds is 6. The molecule has 1 aromatic heterocycles. The summed E-state index contributed by atoms with van der Waals surface area (Å²) >= 11 is 1.88. The molecule has 2 N–H and O–H groups in total. The molecule has 2 unspecified atom stereocenters. The van der Waals surface area contributed by atoms with E-state index in [0.717, 1.165) is 58.1 Å². The van der Waals surface area contributed by atoms with Gasteiger partial charge in [0.1, 0.15) is 0 Å². The van der Waals surface area contributed by atoms with Crippen LogP contribution in [0.3, 0.4) is 0 Å². The average Bonchev–Trinajstić information content (AvgIpc) is 3.34. The Hall–Kier alpha value is -0.870. The summed E-state index contributed by atoms with van der Waals surface area (Å²) in [5.74, 6) is 1.11. The molecule has 0 radical (unpaired) electrons. The highest BCUT2D eigenvalue weighted by molar-refractivity contribution is 14.0. The lowest BCUT2D eigenvalue weighted by Gasteiger charge is -2.31. The molecule has 2 aliphatic rings. The number of likely N-dealkylation sites (tertiary alicyclic amines) is 1. The van der Waals surface area contributed by atoms with Crippen molar-refractivity contribution in [2.24, 2.45) is 4.99 Å². The van der Waals surface area contributed by atoms with Crippen LogP contribution in [-0.2, 0) is 17.8 Å². The number of carbonyl (C=O) groups is 1. The average molecular weight is 519 g/mol. The van der Waals surface area contributed by atoms with Crippen LogP contribution in [0.5, 0.6) is 0 Å².